The summed E-state index contributed by atoms with van der Waals surface area (Å²) in [7, 11) is 1.98. The summed E-state index contributed by atoms with van der Waals surface area (Å²) in [6.45, 7) is 0.338. The maximum absolute atomic E-state index is 13.1. The Morgan fingerprint density at radius 1 is 0.971 bits per heavy atom. The van der Waals surface area contributed by atoms with E-state index in [4.69, 9.17) is 4.98 Å². The van der Waals surface area contributed by atoms with E-state index in [2.05, 4.69) is 29.6 Å². The molecular formula is C27H22N4O3. The van der Waals surface area contributed by atoms with Crippen molar-refractivity contribution in [1.82, 2.24) is 19.8 Å². The first kappa shape index (κ1) is 20.4. The summed E-state index contributed by atoms with van der Waals surface area (Å²) in [5.41, 5.74) is 5.31. The zero-order chi connectivity index (χ0) is 23.4. The van der Waals surface area contributed by atoms with Crippen LogP contribution in [0.25, 0.3) is 33.3 Å². The van der Waals surface area contributed by atoms with Crippen molar-refractivity contribution in [2.24, 2.45) is 7.05 Å². The fraction of sp³-hybridized carbons (Fsp3) is 0.185. The van der Waals surface area contributed by atoms with E-state index in [1.165, 1.54) is 0 Å². The highest BCUT2D eigenvalue weighted by Crippen LogP contribution is 2.37. The molecule has 4 aromatic rings. The summed E-state index contributed by atoms with van der Waals surface area (Å²) >= 11 is 0. The molecule has 1 saturated heterocycles. The third-order valence-corrected chi connectivity index (χ3v) is 6.78. The normalized spacial score (nSPS) is 17.9. The number of aryl methyl sites for hydroxylation is 1. The molecule has 0 radical (unpaired) electrons. The minimum Gasteiger partial charge on any atom is -0.333 e. The van der Waals surface area contributed by atoms with Gasteiger partial charge in [-0.05, 0) is 34.9 Å². The number of rotatable bonds is 3. The first-order valence-corrected chi connectivity index (χ1v) is 11.3. The van der Waals surface area contributed by atoms with Crippen LogP contribution in [0.1, 0.15) is 28.8 Å². The molecule has 1 unspecified atom stereocenters. The van der Waals surface area contributed by atoms with Gasteiger partial charge in [-0.1, -0.05) is 48.5 Å². The van der Waals surface area contributed by atoms with Crippen LogP contribution >= 0.6 is 0 Å². The largest absolute Gasteiger partial charge is 0.333 e. The number of fused-ring (bicyclic) bond motifs is 2. The molecule has 1 fully saturated rings. The molecule has 3 heterocycles. The number of imidazole rings is 1. The molecule has 3 aromatic carbocycles. The van der Waals surface area contributed by atoms with Crippen LogP contribution in [0.2, 0.25) is 0 Å². The van der Waals surface area contributed by atoms with Gasteiger partial charge in [0.1, 0.15) is 6.04 Å². The Bertz CT molecular complexity index is 1500. The molecule has 0 spiro atoms. The number of hydrogen-bond acceptors (Lipinski definition) is 4. The van der Waals surface area contributed by atoms with E-state index in [9.17, 15) is 14.4 Å². The number of benzene rings is 3. The van der Waals surface area contributed by atoms with Crippen molar-refractivity contribution in [1.29, 1.82) is 0 Å². The van der Waals surface area contributed by atoms with Crippen LogP contribution in [-0.4, -0.2) is 38.2 Å². The van der Waals surface area contributed by atoms with Crippen molar-refractivity contribution in [3.8, 4) is 22.5 Å². The van der Waals surface area contributed by atoms with Gasteiger partial charge in [-0.15, -0.1) is 0 Å². The molecule has 0 saturated carbocycles. The Morgan fingerprint density at radius 2 is 1.79 bits per heavy atom. The number of carbonyl (C=O) groups is 3. The molecule has 34 heavy (non-hydrogen) atoms. The number of piperidine rings is 1. The first-order valence-electron chi connectivity index (χ1n) is 11.3. The monoisotopic (exact) mass is 450 g/mol. The maximum Gasteiger partial charge on any atom is 0.255 e. The lowest BCUT2D eigenvalue weighted by Crippen LogP contribution is -2.52. The Kier molecular flexibility index (Phi) is 4.58. The zero-order valence-corrected chi connectivity index (χ0v) is 18.6. The van der Waals surface area contributed by atoms with Crippen molar-refractivity contribution in [3.63, 3.8) is 0 Å². The Morgan fingerprint density at radius 3 is 2.65 bits per heavy atom. The highest BCUT2D eigenvalue weighted by molar-refractivity contribution is 6.06. The summed E-state index contributed by atoms with van der Waals surface area (Å²) in [6, 6.07) is 19.6. The second-order valence-electron chi connectivity index (χ2n) is 8.85. The predicted molar refractivity (Wildman–Crippen MR) is 128 cm³/mol. The predicted octanol–water partition coefficient (Wildman–Crippen LogP) is 3.67. The van der Waals surface area contributed by atoms with Crippen molar-refractivity contribution < 1.29 is 14.4 Å². The number of aromatic nitrogens is 2. The van der Waals surface area contributed by atoms with Crippen LogP contribution in [0.5, 0.6) is 0 Å². The van der Waals surface area contributed by atoms with E-state index in [-0.39, 0.29) is 18.2 Å². The van der Waals surface area contributed by atoms with E-state index >= 15 is 0 Å². The molecule has 2 aliphatic rings. The maximum atomic E-state index is 13.1. The van der Waals surface area contributed by atoms with Crippen molar-refractivity contribution in [3.05, 3.63) is 78.1 Å². The Labute approximate surface area is 196 Å². The van der Waals surface area contributed by atoms with Crippen LogP contribution in [0.4, 0.5) is 0 Å². The molecule has 168 valence electrons. The molecule has 3 amide bonds. The van der Waals surface area contributed by atoms with Gasteiger partial charge in [-0.2, -0.15) is 0 Å². The molecule has 1 atom stereocenters. The fourth-order valence-electron chi connectivity index (χ4n) is 5.11. The Hall–Kier alpha value is -4.26. The van der Waals surface area contributed by atoms with Crippen molar-refractivity contribution in [2.45, 2.75) is 25.4 Å². The summed E-state index contributed by atoms with van der Waals surface area (Å²) < 4.78 is 2.02. The fourth-order valence-corrected chi connectivity index (χ4v) is 5.11. The number of carbonyl (C=O) groups excluding carboxylic acids is 3. The molecular weight excluding hydrogens is 428 g/mol. The zero-order valence-electron chi connectivity index (χ0n) is 18.6. The smallest absolute Gasteiger partial charge is 0.255 e. The van der Waals surface area contributed by atoms with E-state index in [1.54, 1.807) is 11.2 Å². The second kappa shape index (κ2) is 7.66. The SMILES string of the molecule is Cn1cnc(-c2ccc3c(c2)CN(C2CCC(=O)NC2=O)C3=O)c1-c1cccc2ccccc12. The molecule has 1 aromatic heterocycles. The molecule has 0 bridgehead atoms. The van der Waals surface area contributed by atoms with Gasteiger partial charge in [0.2, 0.25) is 11.8 Å². The molecule has 1 N–H and O–H groups in total. The number of nitrogens with one attached hydrogen (secondary N) is 1. The lowest BCUT2D eigenvalue weighted by atomic mass is 9.97. The summed E-state index contributed by atoms with van der Waals surface area (Å²) in [5, 5.41) is 4.66. The van der Waals surface area contributed by atoms with Gasteiger partial charge in [0.15, 0.2) is 0 Å². The van der Waals surface area contributed by atoms with E-state index in [0.717, 1.165) is 38.9 Å². The third-order valence-electron chi connectivity index (χ3n) is 6.78. The van der Waals surface area contributed by atoms with E-state index in [1.807, 2.05) is 48.0 Å². The quantitative estimate of drug-likeness (QED) is 0.483. The average Bonchev–Trinajstić information content (AvgIpc) is 3.38. The number of hydrogen-bond donors (Lipinski definition) is 1. The van der Waals surface area contributed by atoms with Crippen LogP contribution in [0.3, 0.4) is 0 Å². The molecule has 7 heteroatoms. The lowest BCUT2D eigenvalue weighted by molar-refractivity contribution is -0.136. The van der Waals surface area contributed by atoms with Gasteiger partial charge in [-0.3, -0.25) is 19.7 Å². The molecule has 7 nitrogen and oxygen atoms in total. The second-order valence-corrected chi connectivity index (χ2v) is 8.85. The minimum absolute atomic E-state index is 0.175. The van der Waals surface area contributed by atoms with Gasteiger partial charge in [0.05, 0.1) is 17.7 Å². The summed E-state index contributed by atoms with van der Waals surface area (Å²) in [6.07, 6.45) is 2.40. The number of nitrogens with zero attached hydrogens (tertiary/aromatic N) is 3. The summed E-state index contributed by atoms with van der Waals surface area (Å²) in [5.74, 6) is -0.865. The molecule has 0 aliphatic carbocycles. The first-order chi connectivity index (χ1) is 16.5. The number of amides is 3. The lowest BCUT2D eigenvalue weighted by Gasteiger charge is -2.29. The van der Waals surface area contributed by atoms with Crippen LogP contribution in [0.15, 0.2) is 67.0 Å². The van der Waals surface area contributed by atoms with Gasteiger partial charge >= 0.3 is 0 Å². The van der Waals surface area contributed by atoms with Gasteiger partial charge in [0, 0.05) is 36.7 Å². The highest BCUT2D eigenvalue weighted by atomic mass is 16.2. The average molecular weight is 450 g/mol. The third kappa shape index (κ3) is 3.12. The van der Waals surface area contributed by atoms with E-state index in [0.29, 0.717) is 18.5 Å². The Balaban J connectivity index is 1.39. The van der Waals surface area contributed by atoms with Crippen LogP contribution in [0, 0.1) is 0 Å². The highest BCUT2D eigenvalue weighted by Gasteiger charge is 2.39. The minimum atomic E-state index is -0.623. The summed E-state index contributed by atoms with van der Waals surface area (Å²) in [4.78, 5) is 43.2. The van der Waals surface area contributed by atoms with Gasteiger partial charge < -0.3 is 9.47 Å². The van der Waals surface area contributed by atoms with Crippen LogP contribution < -0.4 is 5.32 Å². The van der Waals surface area contributed by atoms with Crippen molar-refractivity contribution in [2.75, 3.05) is 0 Å². The van der Waals surface area contributed by atoms with Crippen LogP contribution in [-0.2, 0) is 23.2 Å². The van der Waals surface area contributed by atoms with E-state index < -0.39 is 11.9 Å². The van der Waals surface area contributed by atoms with Crippen molar-refractivity contribution >= 4 is 28.5 Å². The number of imide groups is 1. The van der Waals surface area contributed by atoms with Gasteiger partial charge in [0.25, 0.3) is 5.91 Å². The molecule has 2 aliphatic heterocycles. The molecule has 6 rings (SSSR count). The topological polar surface area (TPSA) is 84.3 Å². The standard InChI is InChI=1S/C27H22N4O3/c1-30-15-28-24(25(30)21-8-4-6-16-5-2-3-7-19(16)21)17-9-10-20-18(13-17)14-31(27(20)34)22-11-12-23(32)29-26(22)33/h2-10,13,15,22H,11-12,14H2,1H3,(H,29,32,33). The van der Waals surface area contributed by atoms with Gasteiger partial charge in [-0.25, -0.2) is 4.98 Å².